The Bertz CT molecular complexity index is 773. The van der Waals surface area contributed by atoms with Gasteiger partial charge >= 0.3 is 6.03 Å². The maximum atomic E-state index is 13.4. The minimum Gasteiger partial charge on any atom is -0.490 e. The number of urea groups is 1. The van der Waals surface area contributed by atoms with E-state index in [0.29, 0.717) is 24.6 Å². The molecule has 0 radical (unpaired) electrons. The molecule has 0 unspecified atom stereocenters. The smallest absolute Gasteiger partial charge is 0.322 e. The quantitative estimate of drug-likeness (QED) is 0.924. The first-order valence-corrected chi connectivity index (χ1v) is 8.25. The Morgan fingerprint density at radius 2 is 2.12 bits per heavy atom. The number of hydrogen-bond acceptors (Lipinski definition) is 3. The van der Waals surface area contributed by atoms with Gasteiger partial charge in [0.15, 0.2) is 0 Å². The zero-order valence-corrected chi connectivity index (χ0v) is 14.6. The Morgan fingerprint density at radius 3 is 2.84 bits per heavy atom. The van der Waals surface area contributed by atoms with Crippen molar-refractivity contribution in [2.45, 2.75) is 32.2 Å². The second-order valence-electron chi connectivity index (χ2n) is 7.21. The summed E-state index contributed by atoms with van der Waals surface area (Å²) in [5.74, 6) is 0.306. The zero-order valence-electron chi connectivity index (χ0n) is 14.6. The maximum Gasteiger partial charge on any atom is 0.322 e. The van der Waals surface area contributed by atoms with Crippen molar-refractivity contribution < 1.29 is 13.9 Å². The molecule has 6 heteroatoms. The van der Waals surface area contributed by atoms with E-state index in [1.165, 1.54) is 17.0 Å². The number of benzene rings is 1. The largest absolute Gasteiger partial charge is 0.490 e. The number of rotatable bonds is 4. The molecule has 2 heterocycles. The standard InChI is InChI=1S/C19H22FN3O2/c1-19(2,3)13-7-17(10-21-9-13)25-12-15-11-23(18(24)22-15)16-6-4-5-14(20)8-16/h4-10,15H,11-12H2,1-3H3,(H,22,24)/t15-/m0/s1. The molecular weight excluding hydrogens is 321 g/mol. The van der Waals surface area contributed by atoms with E-state index in [1.807, 2.05) is 12.3 Å². The Labute approximate surface area is 146 Å². The molecule has 1 aliphatic rings. The molecular formula is C19H22FN3O2. The normalized spacial score (nSPS) is 17.5. The average Bonchev–Trinajstić information content (AvgIpc) is 2.93. The lowest BCUT2D eigenvalue weighted by molar-refractivity contribution is 0.244. The van der Waals surface area contributed by atoms with Crippen molar-refractivity contribution in [2.24, 2.45) is 0 Å². The summed E-state index contributed by atoms with van der Waals surface area (Å²) in [4.78, 5) is 17.9. The van der Waals surface area contributed by atoms with Gasteiger partial charge in [-0.1, -0.05) is 26.8 Å². The third-order valence-corrected chi connectivity index (χ3v) is 4.13. The summed E-state index contributed by atoms with van der Waals surface area (Å²) in [6, 6.07) is 7.55. The van der Waals surface area contributed by atoms with Gasteiger partial charge in [-0.3, -0.25) is 9.88 Å². The van der Waals surface area contributed by atoms with Gasteiger partial charge < -0.3 is 10.1 Å². The highest BCUT2D eigenvalue weighted by Gasteiger charge is 2.30. The van der Waals surface area contributed by atoms with Crippen LogP contribution in [-0.2, 0) is 5.41 Å². The molecule has 1 atom stereocenters. The van der Waals surface area contributed by atoms with Gasteiger partial charge in [0.05, 0.1) is 18.8 Å². The molecule has 1 aromatic carbocycles. The monoisotopic (exact) mass is 343 g/mol. The summed E-state index contributed by atoms with van der Waals surface area (Å²) in [5, 5.41) is 2.86. The molecule has 2 aromatic rings. The van der Waals surface area contributed by atoms with Crippen molar-refractivity contribution in [2.75, 3.05) is 18.1 Å². The van der Waals surface area contributed by atoms with Gasteiger partial charge in [0.25, 0.3) is 0 Å². The average molecular weight is 343 g/mol. The van der Waals surface area contributed by atoms with Crippen LogP contribution in [0.25, 0.3) is 0 Å². The van der Waals surface area contributed by atoms with E-state index in [9.17, 15) is 9.18 Å². The van der Waals surface area contributed by atoms with Crippen molar-refractivity contribution in [3.63, 3.8) is 0 Å². The van der Waals surface area contributed by atoms with E-state index in [0.717, 1.165) is 5.56 Å². The van der Waals surface area contributed by atoms with Gasteiger partial charge in [0, 0.05) is 11.9 Å². The molecule has 1 saturated heterocycles. The predicted molar refractivity (Wildman–Crippen MR) is 94.5 cm³/mol. The number of hydrogen-bond donors (Lipinski definition) is 1. The van der Waals surface area contributed by atoms with E-state index >= 15 is 0 Å². The summed E-state index contributed by atoms with van der Waals surface area (Å²) in [6.07, 6.45) is 3.49. The molecule has 1 aliphatic heterocycles. The van der Waals surface area contributed by atoms with E-state index in [1.54, 1.807) is 18.3 Å². The number of amides is 2. The Morgan fingerprint density at radius 1 is 1.32 bits per heavy atom. The number of halogens is 1. The lowest BCUT2D eigenvalue weighted by atomic mass is 9.88. The van der Waals surface area contributed by atoms with Crippen molar-refractivity contribution >= 4 is 11.7 Å². The van der Waals surface area contributed by atoms with Gasteiger partial charge in [-0.05, 0) is 35.2 Å². The Kier molecular flexibility index (Phi) is 4.61. The second-order valence-corrected chi connectivity index (χ2v) is 7.21. The van der Waals surface area contributed by atoms with E-state index < -0.39 is 0 Å². The highest BCUT2D eigenvalue weighted by Crippen LogP contribution is 2.25. The number of pyridine rings is 1. The lowest BCUT2D eigenvalue weighted by Gasteiger charge is -2.19. The molecule has 0 saturated carbocycles. The number of nitrogens with zero attached hydrogens (tertiary/aromatic N) is 2. The van der Waals surface area contributed by atoms with Crippen molar-refractivity contribution in [3.05, 3.63) is 54.1 Å². The lowest BCUT2D eigenvalue weighted by Crippen LogP contribution is -2.32. The van der Waals surface area contributed by atoms with E-state index in [4.69, 9.17) is 4.74 Å². The number of ether oxygens (including phenoxy) is 1. The van der Waals surface area contributed by atoms with Crippen LogP contribution in [-0.4, -0.2) is 30.2 Å². The fraction of sp³-hybridized carbons (Fsp3) is 0.368. The van der Waals surface area contributed by atoms with Crippen LogP contribution in [0, 0.1) is 5.82 Å². The molecule has 5 nitrogen and oxygen atoms in total. The fourth-order valence-corrected chi connectivity index (χ4v) is 2.67. The van der Waals surface area contributed by atoms with Crippen LogP contribution in [0.1, 0.15) is 26.3 Å². The second kappa shape index (κ2) is 6.70. The maximum absolute atomic E-state index is 13.4. The first-order chi connectivity index (χ1) is 11.8. The van der Waals surface area contributed by atoms with Crippen LogP contribution in [0.4, 0.5) is 14.9 Å². The SMILES string of the molecule is CC(C)(C)c1cncc(OC[C@@H]2CN(c3cccc(F)c3)C(=O)N2)c1. The number of aromatic nitrogens is 1. The van der Waals surface area contributed by atoms with Gasteiger partial charge in [0.1, 0.15) is 18.2 Å². The molecule has 0 spiro atoms. The molecule has 3 rings (SSSR count). The summed E-state index contributed by atoms with van der Waals surface area (Å²) in [6.45, 7) is 7.09. The summed E-state index contributed by atoms with van der Waals surface area (Å²) < 4.78 is 19.2. The van der Waals surface area contributed by atoms with Crippen LogP contribution in [0.5, 0.6) is 5.75 Å². The number of anilines is 1. The Hall–Kier alpha value is -2.63. The van der Waals surface area contributed by atoms with Crippen LogP contribution in [0.3, 0.4) is 0 Å². The van der Waals surface area contributed by atoms with Crippen LogP contribution in [0.15, 0.2) is 42.7 Å². The number of nitrogens with one attached hydrogen (secondary N) is 1. The highest BCUT2D eigenvalue weighted by atomic mass is 19.1. The third-order valence-electron chi connectivity index (χ3n) is 4.13. The van der Waals surface area contributed by atoms with E-state index in [-0.39, 0.29) is 23.3 Å². The van der Waals surface area contributed by atoms with Gasteiger partial charge in [-0.25, -0.2) is 9.18 Å². The number of carbonyl (C=O) groups is 1. The third kappa shape index (κ3) is 4.07. The van der Waals surface area contributed by atoms with Gasteiger partial charge in [-0.2, -0.15) is 0 Å². The van der Waals surface area contributed by atoms with Gasteiger partial charge in [-0.15, -0.1) is 0 Å². The summed E-state index contributed by atoms with van der Waals surface area (Å²) in [7, 11) is 0. The van der Waals surface area contributed by atoms with Crippen LogP contribution < -0.4 is 15.0 Å². The molecule has 0 aliphatic carbocycles. The van der Waals surface area contributed by atoms with Crippen LogP contribution in [0.2, 0.25) is 0 Å². The van der Waals surface area contributed by atoms with Crippen molar-refractivity contribution in [1.29, 1.82) is 0 Å². The minimum atomic E-state index is -0.366. The highest BCUT2D eigenvalue weighted by molar-refractivity contribution is 5.94. The first kappa shape index (κ1) is 17.2. The topological polar surface area (TPSA) is 54.5 Å². The van der Waals surface area contributed by atoms with Crippen LogP contribution >= 0.6 is 0 Å². The number of carbonyl (C=O) groups excluding carboxylic acids is 1. The fourth-order valence-electron chi connectivity index (χ4n) is 2.67. The predicted octanol–water partition coefficient (Wildman–Crippen LogP) is 3.50. The first-order valence-electron chi connectivity index (χ1n) is 8.25. The van der Waals surface area contributed by atoms with Gasteiger partial charge in [0.2, 0.25) is 0 Å². The van der Waals surface area contributed by atoms with Crippen molar-refractivity contribution in [1.82, 2.24) is 10.3 Å². The summed E-state index contributed by atoms with van der Waals surface area (Å²) in [5.41, 5.74) is 1.61. The minimum absolute atomic E-state index is 0.0118. The molecule has 25 heavy (non-hydrogen) atoms. The van der Waals surface area contributed by atoms with E-state index in [2.05, 4.69) is 31.1 Å². The molecule has 132 valence electrons. The molecule has 0 bridgehead atoms. The Balaban J connectivity index is 1.63. The molecule has 1 aromatic heterocycles. The zero-order chi connectivity index (χ0) is 18.0. The molecule has 2 amide bonds. The van der Waals surface area contributed by atoms with Crippen molar-refractivity contribution in [3.8, 4) is 5.75 Å². The molecule has 1 N–H and O–H groups in total. The molecule has 1 fully saturated rings. The summed E-state index contributed by atoms with van der Waals surface area (Å²) >= 11 is 0.